The Hall–Kier alpha value is -3.60. The topological polar surface area (TPSA) is 122 Å². The van der Waals surface area contributed by atoms with Gasteiger partial charge in [0, 0.05) is 5.56 Å². The van der Waals surface area contributed by atoms with E-state index in [1.165, 1.54) is 23.2 Å². The first kappa shape index (κ1) is 25.5. The van der Waals surface area contributed by atoms with E-state index in [4.69, 9.17) is 23.1 Å². The molecule has 0 saturated carbocycles. The van der Waals surface area contributed by atoms with Crippen LogP contribution < -0.4 is 20.8 Å². The quantitative estimate of drug-likeness (QED) is 0.391. The van der Waals surface area contributed by atoms with Crippen molar-refractivity contribution in [1.82, 2.24) is 0 Å². The summed E-state index contributed by atoms with van der Waals surface area (Å²) in [6.07, 6.45) is 0. The number of anilines is 2. The number of rotatable bonds is 5. The molecule has 0 aliphatic carbocycles. The Morgan fingerprint density at radius 2 is 1.72 bits per heavy atom. The summed E-state index contributed by atoms with van der Waals surface area (Å²) in [5, 5.41) is 10.9. The van der Waals surface area contributed by atoms with Crippen LogP contribution in [-0.2, 0) is 26.8 Å². The van der Waals surface area contributed by atoms with E-state index in [0.29, 0.717) is 12.1 Å². The van der Waals surface area contributed by atoms with Gasteiger partial charge in [-0.05, 0) is 59.1 Å². The van der Waals surface area contributed by atoms with Gasteiger partial charge in [-0.25, -0.2) is 18.6 Å². The van der Waals surface area contributed by atoms with Gasteiger partial charge in [-0.1, -0.05) is 63.2 Å². The fraction of sp³-hybridized carbons (Fsp3) is 0.192. The Morgan fingerprint density at radius 1 is 1.03 bits per heavy atom. The fourth-order valence-electron chi connectivity index (χ4n) is 3.93. The van der Waals surface area contributed by atoms with E-state index in [9.17, 15) is 13.2 Å². The summed E-state index contributed by atoms with van der Waals surface area (Å²) in [4.78, 5) is 15.2. The lowest BCUT2D eigenvalue weighted by Gasteiger charge is -2.21. The molecule has 0 saturated heterocycles. The maximum absolute atomic E-state index is 13.7. The lowest BCUT2D eigenvalue weighted by Crippen LogP contribution is -2.35. The number of thiocarbonyl (C=S) groups is 1. The standard InChI is InChI=1S/C26H27N5O3S2/c1-26(2,3)18-12-13-22-21(14-18)23(24(32)30(22)16-17-8-5-4-6-9-17)29-31(25(27)35)19-10-7-11-20(15-19)36(28,33)34/h4-15H,16H2,1-3H3,(H2,27,35)(H2,28,33,34)/b29-23-. The normalized spacial score (nSPS) is 14.7. The first-order valence-corrected chi connectivity index (χ1v) is 13.1. The Morgan fingerprint density at radius 3 is 2.33 bits per heavy atom. The molecule has 36 heavy (non-hydrogen) atoms. The second-order valence-electron chi connectivity index (χ2n) is 9.50. The number of nitrogens with two attached hydrogens (primary N) is 2. The molecule has 8 nitrogen and oxygen atoms in total. The van der Waals surface area contributed by atoms with Crippen molar-refractivity contribution in [1.29, 1.82) is 0 Å². The van der Waals surface area contributed by atoms with E-state index in [0.717, 1.165) is 16.8 Å². The van der Waals surface area contributed by atoms with Crippen LogP contribution in [0.2, 0.25) is 0 Å². The zero-order valence-corrected chi connectivity index (χ0v) is 21.8. The van der Waals surface area contributed by atoms with E-state index in [-0.39, 0.29) is 32.7 Å². The zero-order valence-electron chi connectivity index (χ0n) is 20.2. The first-order chi connectivity index (χ1) is 16.9. The Bertz CT molecular complexity index is 1480. The number of nitrogens with zero attached hydrogens (tertiary/aromatic N) is 3. The first-order valence-electron chi connectivity index (χ1n) is 11.2. The zero-order chi connectivity index (χ0) is 26.3. The lowest BCUT2D eigenvalue weighted by atomic mass is 9.85. The van der Waals surface area contributed by atoms with Crippen molar-refractivity contribution in [2.75, 3.05) is 9.91 Å². The largest absolute Gasteiger partial charge is 0.374 e. The van der Waals surface area contributed by atoms with Crippen LogP contribution in [0.15, 0.2) is 82.8 Å². The van der Waals surface area contributed by atoms with Gasteiger partial charge in [0.25, 0.3) is 5.91 Å². The van der Waals surface area contributed by atoms with Crippen LogP contribution in [0, 0.1) is 0 Å². The minimum atomic E-state index is -3.97. The van der Waals surface area contributed by atoms with Crippen LogP contribution >= 0.6 is 12.2 Å². The van der Waals surface area contributed by atoms with E-state index in [1.807, 2.05) is 48.5 Å². The van der Waals surface area contributed by atoms with Gasteiger partial charge in [-0.3, -0.25) is 4.79 Å². The Labute approximate surface area is 216 Å². The third-order valence-electron chi connectivity index (χ3n) is 5.84. The monoisotopic (exact) mass is 521 g/mol. The third-order valence-corrected chi connectivity index (χ3v) is 6.92. The van der Waals surface area contributed by atoms with Crippen molar-refractivity contribution in [2.24, 2.45) is 16.0 Å². The highest BCUT2D eigenvalue weighted by molar-refractivity contribution is 7.89. The van der Waals surface area contributed by atoms with Crippen molar-refractivity contribution in [2.45, 2.75) is 37.6 Å². The van der Waals surface area contributed by atoms with E-state index >= 15 is 0 Å². The van der Waals surface area contributed by atoms with Gasteiger partial charge in [0.05, 0.1) is 22.8 Å². The second-order valence-corrected chi connectivity index (χ2v) is 11.5. The fourth-order valence-corrected chi connectivity index (χ4v) is 4.63. The van der Waals surface area contributed by atoms with Crippen molar-refractivity contribution >= 4 is 50.3 Å². The second kappa shape index (κ2) is 9.45. The average Bonchev–Trinajstić information content (AvgIpc) is 3.07. The molecule has 10 heteroatoms. The smallest absolute Gasteiger partial charge is 0.279 e. The number of fused-ring (bicyclic) bond motifs is 1. The third kappa shape index (κ3) is 5.15. The maximum Gasteiger partial charge on any atom is 0.279 e. The molecule has 3 aromatic carbocycles. The van der Waals surface area contributed by atoms with E-state index in [2.05, 4.69) is 25.9 Å². The molecule has 0 fully saturated rings. The van der Waals surface area contributed by atoms with Crippen LogP contribution in [0.25, 0.3) is 0 Å². The summed E-state index contributed by atoms with van der Waals surface area (Å²) in [5.41, 5.74) is 9.59. The number of hydrazone groups is 1. The predicted octanol–water partition coefficient (Wildman–Crippen LogP) is 3.63. The number of hydrogen-bond donors (Lipinski definition) is 2. The minimum absolute atomic E-state index is 0.125. The molecular formula is C26H27N5O3S2. The van der Waals surface area contributed by atoms with Gasteiger partial charge in [-0.2, -0.15) is 5.10 Å². The number of sulfonamides is 1. The summed E-state index contributed by atoms with van der Waals surface area (Å²) < 4.78 is 23.8. The highest BCUT2D eigenvalue weighted by Gasteiger charge is 2.36. The average molecular weight is 522 g/mol. The molecule has 0 spiro atoms. The molecule has 0 aromatic heterocycles. The molecule has 186 valence electrons. The SMILES string of the molecule is CC(C)(C)c1ccc2c(c1)/C(=N/N(C(N)=S)c1cccc(S(N)(=O)=O)c1)C(=O)N2Cc1ccccc1. The van der Waals surface area contributed by atoms with Crippen molar-refractivity contribution in [3.63, 3.8) is 0 Å². The number of carbonyl (C=O) groups excluding carboxylic acids is 1. The number of carbonyl (C=O) groups is 1. The van der Waals surface area contributed by atoms with Crippen LogP contribution in [0.3, 0.4) is 0 Å². The van der Waals surface area contributed by atoms with Crippen LogP contribution in [0.1, 0.15) is 37.5 Å². The predicted molar refractivity (Wildman–Crippen MR) is 146 cm³/mol. The highest BCUT2D eigenvalue weighted by Crippen LogP contribution is 2.35. The van der Waals surface area contributed by atoms with Gasteiger partial charge < -0.3 is 10.6 Å². The molecule has 4 N–H and O–H groups in total. The molecule has 1 heterocycles. The van der Waals surface area contributed by atoms with Gasteiger partial charge >= 0.3 is 0 Å². The molecule has 0 atom stereocenters. The van der Waals surface area contributed by atoms with Gasteiger partial charge in [0.15, 0.2) is 10.8 Å². The summed E-state index contributed by atoms with van der Waals surface area (Å²) in [6.45, 7) is 6.62. The Balaban J connectivity index is 1.86. The molecule has 0 unspecified atom stereocenters. The molecule has 0 bridgehead atoms. The summed E-state index contributed by atoms with van der Waals surface area (Å²) >= 11 is 5.22. The summed E-state index contributed by atoms with van der Waals surface area (Å²) in [7, 11) is -3.97. The van der Waals surface area contributed by atoms with Crippen LogP contribution in [-0.4, -0.2) is 25.1 Å². The summed E-state index contributed by atoms with van der Waals surface area (Å²) in [6, 6.07) is 21.3. The molecule has 1 amide bonds. The number of benzene rings is 3. The number of primary sulfonamides is 1. The van der Waals surface area contributed by atoms with Crippen LogP contribution in [0.4, 0.5) is 11.4 Å². The Kier molecular flexibility index (Phi) is 6.70. The van der Waals surface area contributed by atoms with Crippen molar-refractivity contribution in [3.05, 3.63) is 89.5 Å². The maximum atomic E-state index is 13.7. The number of amides is 1. The molecular weight excluding hydrogens is 494 g/mol. The molecule has 4 rings (SSSR count). The lowest BCUT2D eigenvalue weighted by molar-refractivity contribution is -0.112. The van der Waals surface area contributed by atoms with E-state index in [1.54, 1.807) is 11.0 Å². The highest BCUT2D eigenvalue weighted by atomic mass is 32.2. The minimum Gasteiger partial charge on any atom is -0.374 e. The molecule has 3 aromatic rings. The van der Waals surface area contributed by atoms with Crippen LogP contribution in [0.5, 0.6) is 0 Å². The van der Waals surface area contributed by atoms with Crippen molar-refractivity contribution in [3.8, 4) is 0 Å². The van der Waals surface area contributed by atoms with E-state index < -0.39 is 10.0 Å². The number of hydrogen-bond acceptors (Lipinski definition) is 5. The van der Waals surface area contributed by atoms with Gasteiger partial charge in [0.2, 0.25) is 10.0 Å². The van der Waals surface area contributed by atoms with Crippen molar-refractivity contribution < 1.29 is 13.2 Å². The molecule has 1 aliphatic rings. The molecule has 1 aliphatic heterocycles. The molecule has 0 radical (unpaired) electrons. The summed E-state index contributed by atoms with van der Waals surface area (Å²) in [5.74, 6) is -0.316. The van der Waals surface area contributed by atoms with Gasteiger partial charge in [0.1, 0.15) is 0 Å². The van der Waals surface area contributed by atoms with Gasteiger partial charge in [-0.15, -0.1) is 0 Å².